The molecule has 0 radical (unpaired) electrons. The molecule has 1 heterocycles. The Labute approximate surface area is 117 Å². The molecule has 102 valence electrons. The van der Waals surface area contributed by atoms with Crippen LogP contribution in [0.25, 0.3) is 0 Å². The molecule has 0 aliphatic rings. The van der Waals surface area contributed by atoms with Crippen LogP contribution >= 0.6 is 15.9 Å². The van der Waals surface area contributed by atoms with Gasteiger partial charge in [-0.25, -0.2) is 4.98 Å². The average Bonchev–Trinajstić information content (AvgIpc) is 2.27. The normalized spacial score (nSPS) is 13.4. The summed E-state index contributed by atoms with van der Waals surface area (Å²) in [6, 6.07) is 0.148. The van der Waals surface area contributed by atoms with E-state index < -0.39 is 0 Å². The van der Waals surface area contributed by atoms with Crippen molar-refractivity contribution in [3.8, 4) is 0 Å². The number of nitrogens with two attached hydrogens (primary N) is 1. The number of rotatable bonds is 4. The summed E-state index contributed by atoms with van der Waals surface area (Å²) in [4.78, 5) is 4.31. The zero-order valence-corrected chi connectivity index (χ0v) is 13.0. The quantitative estimate of drug-likeness (QED) is 0.799. The first kappa shape index (κ1) is 15.2. The van der Waals surface area contributed by atoms with E-state index in [1.807, 2.05) is 6.92 Å². The van der Waals surface area contributed by atoms with Gasteiger partial charge in [0.05, 0.1) is 16.4 Å². The Kier molecular flexibility index (Phi) is 4.99. The maximum Gasteiger partial charge on any atom is 0.140 e. The second kappa shape index (κ2) is 5.89. The summed E-state index contributed by atoms with van der Waals surface area (Å²) in [7, 11) is 0. The van der Waals surface area contributed by atoms with Crippen molar-refractivity contribution in [3.05, 3.63) is 16.2 Å². The Hall–Kier alpha value is -0.810. The molecule has 0 amide bonds. The second-order valence-electron chi connectivity index (χ2n) is 5.58. The van der Waals surface area contributed by atoms with Crippen LogP contribution in [0, 0.1) is 12.3 Å². The van der Waals surface area contributed by atoms with Crippen LogP contribution < -0.4 is 11.1 Å². The van der Waals surface area contributed by atoms with E-state index >= 15 is 0 Å². The fourth-order valence-corrected chi connectivity index (χ4v) is 2.15. The molecule has 0 fully saturated rings. The van der Waals surface area contributed by atoms with Gasteiger partial charge in [0.2, 0.25) is 0 Å². The predicted molar refractivity (Wildman–Crippen MR) is 79.7 cm³/mol. The SMILES string of the molecule is Cc1c(N)cnc(NC(CCO)C(C)(C)C)c1Br. The van der Waals surface area contributed by atoms with Gasteiger partial charge < -0.3 is 16.2 Å². The average molecular weight is 316 g/mol. The fourth-order valence-electron chi connectivity index (χ4n) is 1.71. The van der Waals surface area contributed by atoms with Crippen LogP contribution in [0.3, 0.4) is 0 Å². The predicted octanol–water partition coefficient (Wildman–Crippen LogP) is 2.94. The van der Waals surface area contributed by atoms with Crippen LogP contribution in [0.4, 0.5) is 11.5 Å². The number of halogens is 1. The Morgan fingerprint density at radius 2 is 2.11 bits per heavy atom. The van der Waals surface area contributed by atoms with Crippen molar-refractivity contribution >= 4 is 27.4 Å². The molecule has 1 aromatic rings. The Bertz CT molecular complexity index is 415. The molecule has 1 atom stereocenters. The molecule has 5 heteroatoms. The van der Waals surface area contributed by atoms with E-state index in [0.29, 0.717) is 12.1 Å². The van der Waals surface area contributed by atoms with Gasteiger partial charge in [-0.1, -0.05) is 20.8 Å². The van der Waals surface area contributed by atoms with Crippen LogP contribution in [0.5, 0.6) is 0 Å². The Balaban J connectivity index is 2.98. The number of aliphatic hydroxyl groups is 1. The van der Waals surface area contributed by atoms with Crippen LogP contribution in [-0.4, -0.2) is 22.7 Å². The zero-order valence-electron chi connectivity index (χ0n) is 11.4. The van der Waals surface area contributed by atoms with Gasteiger partial charge in [-0.05, 0) is 40.3 Å². The van der Waals surface area contributed by atoms with Gasteiger partial charge in [-0.15, -0.1) is 0 Å². The number of pyridine rings is 1. The lowest BCUT2D eigenvalue weighted by atomic mass is 9.85. The molecule has 1 rings (SSSR count). The first-order chi connectivity index (χ1) is 8.27. The summed E-state index contributed by atoms with van der Waals surface area (Å²) in [6.07, 6.45) is 2.34. The van der Waals surface area contributed by atoms with E-state index in [2.05, 4.69) is 47.0 Å². The molecule has 1 unspecified atom stereocenters. The Morgan fingerprint density at radius 1 is 1.50 bits per heavy atom. The van der Waals surface area contributed by atoms with E-state index in [0.717, 1.165) is 15.9 Å². The highest BCUT2D eigenvalue weighted by molar-refractivity contribution is 9.10. The number of anilines is 2. The number of aromatic nitrogens is 1. The van der Waals surface area contributed by atoms with E-state index in [9.17, 15) is 0 Å². The van der Waals surface area contributed by atoms with Crippen LogP contribution in [0.2, 0.25) is 0 Å². The van der Waals surface area contributed by atoms with Crippen molar-refractivity contribution in [2.24, 2.45) is 5.41 Å². The third-order valence-corrected chi connectivity index (χ3v) is 4.05. The van der Waals surface area contributed by atoms with E-state index in [1.54, 1.807) is 6.20 Å². The molecule has 0 aromatic carbocycles. The lowest BCUT2D eigenvalue weighted by molar-refractivity contribution is 0.235. The molecule has 0 aliphatic heterocycles. The van der Waals surface area contributed by atoms with Crippen molar-refractivity contribution in [2.45, 2.75) is 40.2 Å². The summed E-state index contributed by atoms with van der Waals surface area (Å²) in [5.74, 6) is 0.773. The van der Waals surface area contributed by atoms with Crippen LogP contribution in [-0.2, 0) is 0 Å². The topological polar surface area (TPSA) is 71.2 Å². The highest BCUT2D eigenvalue weighted by Crippen LogP contribution is 2.31. The lowest BCUT2D eigenvalue weighted by Gasteiger charge is -2.32. The Morgan fingerprint density at radius 3 is 2.61 bits per heavy atom. The molecule has 0 bridgehead atoms. The van der Waals surface area contributed by atoms with Crippen molar-refractivity contribution < 1.29 is 5.11 Å². The maximum absolute atomic E-state index is 9.15. The molecule has 4 N–H and O–H groups in total. The second-order valence-corrected chi connectivity index (χ2v) is 6.37. The van der Waals surface area contributed by atoms with Crippen molar-refractivity contribution in [3.63, 3.8) is 0 Å². The first-order valence-electron chi connectivity index (χ1n) is 6.05. The molecule has 4 nitrogen and oxygen atoms in total. The molecule has 0 aliphatic carbocycles. The fraction of sp³-hybridized carbons (Fsp3) is 0.615. The summed E-state index contributed by atoms with van der Waals surface area (Å²) in [6.45, 7) is 8.51. The van der Waals surface area contributed by atoms with Crippen molar-refractivity contribution in [1.29, 1.82) is 0 Å². The van der Waals surface area contributed by atoms with Crippen molar-refractivity contribution in [2.75, 3.05) is 17.7 Å². The van der Waals surface area contributed by atoms with Gasteiger partial charge in [0.25, 0.3) is 0 Å². The van der Waals surface area contributed by atoms with Crippen LogP contribution in [0.15, 0.2) is 10.7 Å². The molecule has 0 saturated carbocycles. The van der Waals surface area contributed by atoms with Crippen molar-refractivity contribution in [1.82, 2.24) is 4.98 Å². The summed E-state index contributed by atoms with van der Waals surface area (Å²) in [5, 5.41) is 12.5. The molecule has 1 aromatic heterocycles. The third kappa shape index (κ3) is 3.59. The summed E-state index contributed by atoms with van der Waals surface area (Å²) < 4.78 is 0.884. The van der Waals surface area contributed by atoms with E-state index in [-0.39, 0.29) is 18.1 Å². The van der Waals surface area contributed by atoms with Gasteiger partial charge in [0, 0.05) is 12.6 Å². The highest BCUT2D eigenvalue weighted by Gasteiger charge is 2.25. The van der Waals surface area contributed by atoms with Gasteiger partial charge >= 0.3 is 0 Å². The summed E-state index contributed by atoms with van der Waals surface area (Å²) in [5.41, 5.74) is 7.49. The smallest absolute Gasteiger partial charge is 0.140 e. The largest absolute Gasteiger partial charge is 0.397 e. The minimum atomic E-state index is 0.0408. The van der Waals surface area contributed by atoms with Gasteiger partial charge in [0.1, 0.15) is 5.82 Å². The molecule has 0 saturated heterocycles. The number of hydrogen-bond donors (Lipinski definition) is 3. The van der Waals surface area contributed by atoms with Gasteiger partial charge in [-0.2, -0.15) is 0 Å². The number of nitrogens with one attached hydrogen (secondary N) is 1. The molecular formula is C13H22BrN3O. The van der Waals surface area contributed by atoms with Gasteiger partial charge in [-0.3, -0.25) is 0 Å². The molecule has 18 heavy (non-hydrogen) atoms. The molecular weight excluding hydrogens is 294 g/mol. The summed E-state index contributed by atoms with van der Waals surface area (Å²) >= 11 is 3.51. The number of aliphatic hydroxyl groups excluding tert-OH is 1. The number of nitrogens with zero attached hydrogens (tertiary/aromatic N) is 1. The lowest BCUT2D eigenvalue weighted by Crippen LogP contribution is -2.35. The number of hydrogen-bond acceptors (Lipinski definition) is 4. The number of nitrogen functional groups attached to an aromatic ring is 1. The van der Waals surface area contributed by atoms with E-state index in [4.69, 9.17) is 10.8 Å². The third-order valence-electron chi connectivity index (χ3n) is 3.08. The van der Waals surface area contributed by atoms with E-state index in [1.165, 1.54) is 0 Å². The van der Waals surface area contributed by atoms with Gasteiger partial charge in [0.15, 0.2) is 0 Å². The monoisotopic (exact) mass is 315 g/mol. The standard InChI is InChI=1S/C13H22BrN3O/c1-8-9(15)7-16-12(11(8)14)17-10(5-6-18)13(2,3)4/h7,10,18H,5-6,15H2,1-4H3,(H,16,17). The van der Waals surface area contributed by atoms with Crippen LogP contribution in [0.1, 0.15) is 32.8 Å². The minimum Gasteiger partial charge on any atom is -0.397 e. The molecule has 0 spiro atoms. The zero-order chi connectivity index (χ0) is 13.9. The minimum absolute atomic E-state index is 0.0408. The maximum atomic E-state index is 9.15. The first-order valence-corrected chi connectivity index (χ1v) is 6.84. The highest BCUT2D eigenvalue weighted by atomic mass is 79.9.